The number of benzene rings is 1. The molecule has 1 aliphatic heterocycles. The van der Waals surface area contributed by atoms with Crippen LogP contribution in [0.4, 0.5) is 0 Å². The van der Waals surface area contributed by atoms with Crippen molar-refractivity contribution < 1.29 is 4.79 Å². The van der Waals surface area contributed by atoms with Crippen LogP contribution in [-0.4, -0.2) is 19.0 Å². The van der Waals surface area contributed by atoms with Gasteiger partial charge in [0.05, 0.1) is 6.04 Å². The third kappa shape index (κ3) is 4.67. The van der Waals surface area contributed by atoms with Crippen LogP contribution in [0.3, 0.4) is 0 Å². The Labute approximate surface area is 115 Å². The first kappa shape index (κ1) is 14.1. The van der Waals surface area contributed by atoms with Crippen LogP contribution in [0.1, 0.15) is 44.2 Å². The van der Waals surface area contributed by atoms with Crippen LogP contribution in [0.5, 0.6) is 0 Å². The Morgan fingerprint density at radius 3 is 2.68 bits per heavy atom. The summed E-state index contributed by atoms with van der Waals surface area (Å²) in [6, 6.07) is 10.2. The highest BCUT2D eigenvalue weighted by molar-refractivity contribution is 5.76. The molecule has 1 heterocycles. The van der Waals surface area contributed by atoms with Crippen molar-refractivity contribution in [3.05, 3.63) is 35.9 Å². The van der Waals surface area contributed by atoms with Gasteiger partial charge in [-0.1, -0.05) is 30.3 Å². The topological polar surface area (TPSA) is 41.1 Å². The summed E-state index contributed by atoms with van der Waals surface area (Å²) in [5, 5.41) is 6.44. The summed E-state index contributed by atoms with van der Waals surface area (Å²) in [7, 11) is 0. The highest BCUT2D eigenvalue weighted by atomic mass is 16.1. The summed E-state index contributed by atoms with van der Waals surface area (Å²) in [5.41, 5.74) is 1.16. The molecule has 0 radical (unpaired) electrons. The summed E-state index contributed by atoms with van der Waals surface area (Å²) in [5.74, 6) is 0.897. The van der Waals surface area contributed by atoms with Crippen molar-refractivity contribution in [2.75, 3.05) is 13.1 Å². The fourth-order valence-electron chi connectivity index (χ4n) is 2.64. The van der Waals surface area contributed by atoms with Gasteiger partial charge in [0, 0.05) is 6.42 Å². The van der Waals surface area contributed by atoms with Crippen molar-refractivity contribution in [2.45, 2.75) is 38.6 Å². The molecule has 0 saturated carbocycles. The van der Waals surface area contributed by atoms with Crippen molar-refractivity contribution in [1.29, 1.82) is 0 Å². The van der Waals surface area contributed by atoms with E-state index >= 15 is 0 Å². The minimum atomic E-state index is 0.0988. The first-order valence-electron chi connectivity index (χ1n) is 7.30. The second-order valence-electron chi connectivity index (χ2n) is 5.43. The van der Waals surface area contributed by atoms with Crippen LogP contribution in [0, 0.1) is 5.92 Å². The second-order valence-corrected chi connectivity index (χ2v) is 5.43. The van der Waals surface area contributed by atoms with Gasteiger partial charge in [0.1, 0.15) is 0 Å². The molecule has 104 valence electrons. The lowest BCUT2D eigenvalue weighted by Gasteiger charge is -2.22. The maximum atomic E-state index is 11.9. The lowest BCUT2D eigenvalue weighted by Crippen LogP contribution is -2.30. The van der Waals surface area contributed by atoms with Gasteiger partial charge in [-0.05, 0) is 50.8 Å². The minimum absolute atomic E-state index is 0.0988. The van der Waals surface area contributed by atoms with Crippen molar-refractivity contribution in [2.24, 2.45) is 5.92 Å². The molecule has 1 saturated heterocycles. The van der Waals surface area contributed by atoms with E-state index in [4.69, 9.17) is 0 Å². The fraction of sp³-hybridized carbons (Fsp3) is 0.562. The predicted octanol–water partition coefficient (Wildman–Crippen LogP) is 2.64. The summed E-state index contributed by atoms with van der Waals surface area (Å²) in [6.45, 7) is 4.25. The molecule has 1 aliphatic rings. The van der Waals surface area contributed by atoms with Gasteiger partial charge in [-0.25, -0.2) is 0 Å². The third-order valence-electron chi connectivity index (χ3n) is 3.92. The van der Waals surface area contributed by atoms with E-state index in [0.29, 0.717) is 6.42 Å². The van der Waals surface area contributed by atoms with E-state index in [9.17, 15) is 4.79 Å². The number of carbonyl (C=O) groups excluding carboxylic acids is 1. The number of rotatable bonds is 5. The van der Waals surface area contributed by atoms with E-state index in [1.54, 1.807) is 0 Å². The minimum Gasteiger partial charge on any atom is -0.350 e. The molecule has 0 aliphatic carbocycles. The number of hydrogen-bond acceptors (Lipinski definition) is 2. The molecule has 3 heteroatoms. The van der Waals surface area contributed by atoms with E-state index in [1.807, 2.05) is 25.1 Å². The maximum absolute atomic E-state index is 11.9. The maximum Gasteiger partial charge on any atom is 0.220 e. The quantitative estimate of drug-likeness (QED) is 0.854. The average molecular weight is 260 g/mol. The lowest BCUT2D eigenvalue weighted by molar-refractivity contribution is -0.122. The summed E-state index contributed by atoms with van der Waals surface area (Å²) in [6.07, 6.45) is 4.10. The van der Waals surface area contributed by atoms with Crippen LogP contribution in [0.25, 0.3) is 0 Å². The Hall–Kier alpha value is -1.35. The number of carbonyl (C=O) groups is 1. The summed E-state index contributed by atoms with van der Waals surface area (Å²) >= 11 is 0. The van der Waals surface area contributed by atoms with Gasteiger partial charge in [-0.2, -0.15) is 0 Å². The average Bonchev–Trinajstić information content (AvgIpc) is 2.47. The summed E-state index contributed by atoms with van der Waals surface area (Å²) in [4.78, 5) is 11.9. The van der Waals surface area contributed by atoms with Crippen LogP contribution < -0.4 is 10.6 Å². The first-order chi connectivity index (χ1) is 9.25. The van der Waals surface area contributed by atoms with Crippen LogP contribution in [0.2, 0.25) is 0 Å². The van der Waals surface area contributed by atoms with Gasteiger partial charge in [-0.3, -0.25) is 4.79 Å². The molecular formula is C16H24N2O. The Bertz CT molecular complexity index is 385. The SMILES string of the molecule is C[C@@H](NC(=O)CCC1CCNCC1)c1ccccc1. The molecule has 0 bridgehead atoms. The standard InChI is InChI=1S/C16H24N2O/c1-13(15-5-3-2-4-6-15)18-16(19)8-7-14-9-11-17-12-10-14/h2-6,13-14,17H,7-12H2,1H3,(H,18,19)/t13-/m1/s1. The number of nitrogens with one attached hydrogen (secondary N) is 2. The zero-order valence-corrected chi connectivity index (χ0v) is 11.7. The normalized spacial score (nSPS) is 17.9. The van der Waals surface area contributed by atoms with Gasteiger partial charge >= 0.3 is 0 Å². The molecule has 0 unspecified atom stereocenters. The first-order valence-corrected chi connectivity index (χ1v) is 7.30. The highest BCUT2D eigenvalue weighted by Crippen LogP contribution is 2.18. The van der Waals surface area contributed by atoms with Gasteiger partial charge in [-0.15, -0.1) is 0 Å². The van der Waals surface area contributed by atoms with Gasteiger partial charge in [0.25, 0.3) is 0 Å². The Morgan fingerprint density at radius 2 is 2.00 bits per heavy atom. The molecular weight excluding hydrogens is 236 g/mol. The van der Waals surface area contributed by atoms with Crippen molar-refractivity contribution in [1.82, 2.24) is 10.6 Å². The molecule has 1 atom stereocenters. The monoisotopic (exact) mass is 260 g/mol. The van der Waals surface area contributed by atoms with Crippen LogP contribution >= 0.6 is 0 Å². The van der Waals surface area contributed by atoms with Crippen molar-refractivity contribution in [3.63, 3.8) is 0 Å². The van der Waals surface area contributed by atoms with E-state index in [-0.39, 0.29) is 11.9 Å². The molecule has 2 rings (SSSR count). The Morgan fingerprint density at radius 1 is 1.32 bits per heavy atom. The number of hydrogen-bond donors (Lipinski definition) is 2. The Kier molecular flexibility index (Phi) is 5.40. The van der Waals surface area contributed by atoms with Gasteiger partial charge in [0.15, 0.2) is 0 Å². The number of piperidine rings is 1. The second kappa shape index (κ2) is 7.29. The van der Waals surface area contributed by atoms with Gasteiger partial charge < -0.3 is 10.6 Å². The van der Waals surface area contributed by atoms with E-state index < -0.39 is 0 Å². The molecule has 19 heavy (non-hydrogen) atoms. The van der Waals surface area contributed by atoms with Crippen molar-refractivity contribution >= 4 is 5.91 Å². The molecule has 0 spiro atoms. The predicted molar refractivity (Wildman–Crippen MR) is 77.8 cm³/mol. The molecule has 1 aromatic carbocycles. The summed E-state index contributed by atoms with van der Waals surface area (Å²) < 4.78 is 0. The van der Waals surface area contributed by atoms with Crippen LogP contribution in [-0.2, 0) is 4.79 Å². The zero-order chi connectivity index (χ0) is 13.5. The Balaban J connectivity index is 1.71. The molecule has 2 N–H and O–H groups in total. The van der Waals surface area contributed by atoms with Crippen LogP contribution in [0.15, 0.2) is 30.3 Å². The fourth-order valence-corrected chi connectivity index (χ4v) is 2.64. The molecule has 1 amide bonds. The zero-order valence-electron chi connectivity index (χ0n) is 11.7. The molecule has 3 nitrogen and oxygen atoms in total. The van der Waals surface area contributed by atoms with E-state index in [2.05, 4.69) is 22.8 Å². The van der Waals surface area contributed by atoms with E-state index in [0.717, 1.165) is 31.0 Å². The van der Waals surface area contributed by atoms with E-state index in [1.165, 1.54) is 12.8 Å². The largest absolute Gasteiger partial charge is 0.350 e. The lowest BCUT2D eigenvalue weighted by atomic mass is 9.93. The molecule has 1 aromatic rings. The smallest absolute Gasteiger partial charge is 0.220 e. The highest BCUT2D eigenvalue weighted by Gasteiger charge is 2.15. The number of amides is 1. The molecule has 1 fully saturated rings. The third-order valence-corrected chi connectivity index (χ3v) is 3.92. The van der Waals surface area contributed by atoms with Crippen molar-refractivity contribution in [3.8, 4) is 0 Å². The van der Waals surface area contributed by atoms with Gasteiger partial charge in [0.2, 0.25) is 5.91 Å². The molecule has 0 aromatic heterocycles.